The SMILES string of the molecule is COC(=O)C1CCCCC1C(=O)OCI. The molecule has 1 saturated carbocycles. The molecule has 15 heavy (non-hydrogen) atoms. The number of carbonyl (C=O) groups is 2. The van der Waals surface area contributed by atoms with E-state index in [0.29, 0.717) is 4.61 Å². The van der Waals surface area contributed by atoms with Crippen LogP contribution in [0.3, 0.4) is 0 Å². The van der Waals surface area contributed by atoms with E-state index in [1.54, 1.807) is 0 Å². The highest BCUT2D eigenvalue weighted by molar-refractivity contribution is 14.1. The van der Waals surface area contributed by atoms with Crippen molar-refractivity contribution in [2.75, 3.05) is 11.7 Å². The zero-order valence-corrected chi connectivity index (χ0v) is 10.9. The number of alkyl halides is 1. The Kier molecular flexibility index (Phi) is 5.35. The molecule has 0 saturated heterocycles. The maximum absolute atomic E-state index is 11.6. The van der Waals surface area contributed by atoms with Gasteiger partial charge in [-0.05, 0) is 35.4 Å². The predicted molar refractivity (Wildman–Crippen MR) is 62.4 cm³/mol. The number of carbonyl (C=O) groups excluding carboxylic acids is 2. The number of rotatable bonds is 3. The Hall–Kier alpha value is -0.330. The van der Waals surface area contributed by atoms with Crippen LogP contribution in [0.25, 0.3) is 0 Å². The van der Waals surface area contributed by atoms with E-state index in [4.69, 9.17) is 9.47 Å². The van der Waals surface area contributed by atoms with E-state index in [1.165, 1.54) is 7.11 Å². The predicted octanol–water partition coefficient (Wildman–Crippen LogP) is 1.90. The van der Waals surface area contributed by atoms with Crippen LogP contribution in [0.2, 0.25) is 0 Å². The topological polar surface area (TPSA) is 52.6 Å². The lowest BCUT2D eigenvalue weighted by molar-refractivity contribution is -0.159. The molecule has 0 aromatic heterocycles. The Morgan fingerprint density at radius 1 is 1.20 bits per heavy atom. The quantitative estimate of drug-likeness (QED) is 0.452. The fourth-order valence-corrected chi connectivity index (χ4v) is 2.31. The molecule has 2 atom stereocenters. The van der Waals surface area contributed by atoms with Gasteiger partial charge in [-0.25, -0.2) is 0 Å². The first kappa shape index (κ1) is 12.7. The van der Waals surface area contributed by atoms with E-state index in [2.05, 4.69) is 0 Å². The standard InChI is InChI=1S/C10H15IO4/c1-14-9(12)7-4-2-3-5-8(7)10(13)15-6-11/h7-8H,2-6H2,1H3. The molecule has 0 radical (unpaired) electrons. The molecule has 4 nitrogen and oxygen atoms in total. The summed E-state index contributed by atoms with van der Waals surface area (Å²) in [5.41, 5.74) is 0. The van der Waals surface area contributed by atoms with Gasteiger partial charge >= 0.3 is 11.9 Å². The summed E-state index contributed by atoms with van der Waals surface area (Å²) >= 11 is 1.97. The van der Waals surface area contributed by atoms with Crippen LogP contribution in [-0.4, -0.2) is 23.7 Å². The summed E-state index contributed by atoms with van der Waals surface area (Å²) in [4.78, 5) is 23.0. The maximum atomic E-state index is 11.6. The van der Waals surface area contributed by atoms with Crippen molar-refractivity contribution < 1.29 is 19.1 Å². The van der Waals surface area contributed by atoms with Crippen LogP contribution in [0.5, 0.6) is 0 Å². The van der Waals surface area contributed by atoms with Crippen molar-refractivity contribution >= 4 is 34.5 Å². The minimum Gasteiger partial charge on any atom is -0.469 e. The molecule has 0 aromatic rings. The monoisotopic (exact) mass is 326 g/mol. The van der Waals surface area contributed by atoms with Gasteiger partial charge < -0.3 is 9.47 Å². The largest absolute Gasteiger partial charge is 0.469 e. The first-order valence-electron chi connectivity index (χ1n) is 5.01. The molecule has 1 aliphatic carbocycles. The van der Waals surface area contributed by atoms with E-state index in [1.807, 2.05) is 22.6 Å². The van der Waals surface area contributed by atoms with Crippen molar-refractivity contribution in [3.05, 3.63) is 0 Å². The van der Waals surface area contributed by atoms with Gasteiger partial charge in [-0.2, -0.15) is 0 Å². The van der Waals surface area contributed by atoms with Gasteiger partial charge in [0.15, 0.2) is 0 Å². The highest BCUT2D eigenvalue weighted by atomic mass is 127. The van der Waals surface area contributed by atoms with Gasteiger partial charge in [0.25, 0.3) is 0 Å². The van der Waals surface area contributed by atoms with E-state index in [0.717, 1.165) is 25.7 Å². The van der Waals surface area contributed by atoms with Crippen LogP contribution >= 0.6 is 22.6 Å². The summed E-state index contributed by atoms with van der Waals surface area (Å²) in [6.45, 7) is 0. The van der Waals surface area contributed by atoms with E-state index < -0.39 is 0 Å². The van der Waals surface area contributed by atoms with Crippen LogP contribution in [0.15, 0.2) is 0 Å². The molecule has 0 amide bonds. The van der Waals surface area contributed by atoms with E-state index >= 15 is 0 Å². The summed E-state index contributed by atoms with van der Waals surface area (Å²) < 4.78 is 9.98. The molecule has 2 unspecified atom stereocenters. The van der Waals surface area contributed by atoms with Crippen LogP contribution in [0.1, 0.15) is 25.7 Å². The second kappa shape index (κ2) is 6.30. The van der Waals surface area contributed by atoms with Crippen LogP contribution in [0, 0.1) is 11.8 Å². The summed E-state index contributed by atoms with van der Waals surface area (Å²) in [5, 5.41) is 0. The van der Waals surface area contributed by atoms with Gasteiger partial charge in [0.2, 0.25) is 0 Å². The molecule has 0 aliphatic heterocycles. The summed E-state index contributed by atoms with van der Waals surface area (Å²) in [6, 6.07) is 0. The Bertz CT molecular complexity index is 242. The second-order valence-electron chi connectivity index (χ2n) is 3.59. The highest BCUT2D eigenvalue weighted by Crippen LogP contribution is 2.31. The van der Waals surface area contributed by atoms with Crippen molar-refractivity contribution in [2.45, 2.75) is 25.7 Å². The molecule has 5 heteroatoms. The third-order valence-corrected chi connectivity index (χ3v) is 3.08. The molecule has 0 heterocycles. The average molecular weight is 326 g/mol. The molecular weight excluding hydrogens is 311 g/mol. The van der Waals surface area contributed by atoms with Crippen LogP contribution in [0.4, 0.5) is 0 Å². The van der Waals surface area contributed by atoms with Crippen molar-refractivity contribution in [3.63, 3.8) is 0 Å². The number of esters is 2. The third-order valence-electron chi connectivity index (χ3n) is 2.77. The first-order valence-corrected chi connectivity index (χ1v) is 6.53. The molecule has 1 rings (SSSR count). The lowest BCUT2D eigenvalue weighted by atomic mass is 9.79. The van der Waals surface area contributed by atoms with E-state index in [9.17, 15) is 9.59 Å². The Balaban J connectivity index is 2.65. The van der Waals surface area contributed by atoms with Gasteiger partial charge in [-0.3, -0.25) is 9.59 Å². The van der Waals surface area contributed by atoms with Crippen LogP contribution in [-0.2, 0) is 19.1 Å². The molecule has 0 spiro atoms. The molecule has 1 fully saturated rings. The minimum atomic E-state index is -0.306. The lowest BCUT2D eigenvalue weighted by Gasteiger charge is -2.27. The van der Waals surface area contributed by atoms with Gasteiger partial charge in [-0.15, -0.1) is 0 Å². The van der Waals surface area contributed by atoms with Gasteiger partial charge in [0.05, 0.1) is 18.9 Å². The molecule has 86 valence electrons. The number of methoxy groups -OCH3 is 1. The summed E-state index contributed by atoms with van der Waals surface area (Å²) in [7, 11) is 1.36. The van der Waals surface area contributed by atoms with Gasteiger partial charge in [-0.1, -0.05) is 12.8 Å². The molecule has 1 aliphatic rings. The van der Waals surface area contributed by atoms with Crippen molar-refractivity contribution in [1.29, 1.82) is 0 Å². The van der Waals surface area contributed by atoms with Crippen molar-refractivity contribution in [3.8, 4) is 0 Å². The number of hydrogen-bond acceptors (Lipinski definition) is 4. The Morgan fingerprint density at radius 3 is 2.20 bits per heavy atom. The Morgan fingerprint density at radius 2 is 1.73 bits per heavy atom. The maximum Gasteiger partial charge on any atom is 0.310 e. The zero-order chi connectivity index (χ0) is 11.3. The Labute approximate surface area is 103 Å². The third kappa shape index (κ3) is 3.32. The summed E-state index contributed by atoms with van der Waals surface area (Å²) in [5.74, 6) is -1.16. The van der Waals surface area contributed by atoms with Crippen LogP contribution < -0.4 is 0 Å². The number of hydrogen-bond donors (Lipinski definition) is 0. The number of ether oxygens (including phenoxy) is 2. The minimum absolute atomic E-state index is 0.264. The average Bonchev–Trinajstić information content (AvgIpc) is 2.28. The van der Waals surface area contributed by atoms with Gasteiger partial charge in [0, 0.05) is 0 Å². The zero-order valence-electron chi connectivity index (χ0n) is 8.70. The lowest BCUT2D eigenvalue weighted by Crippen LogP contribution is -2.34. The molecule has 0 aromatic carbocycles. The van der Waals surface area contributed by atoms with Crippen molar-refractivity contribution in [1.82, 2.24) is 0 Å². The highest BCUT2D eigenvalue weighted by Gasteiger charge is 2.37. The molecule has 0 bridgehead atoms. The van der Waals surface area contributed by atoms with Crippen molar-refractivity contribution in [2.24, 2.45) is 11.8 Å². The fraction of sp³-hybridized carbons (Fsp3) is 0.800. The number of halogens is 1. The van der Waals surface area contributed by atoms with E-state index in [-0.39, 0.29) is 23.8 Å². The summed E-state index contributed by atoms with van der Waals surface area (Å²) in [6.07, 6.45) is 3.42. The normalized spacial score (nSPS) is 25.7. The second-order valence-corrected chi connectivity index (χ2v) is 4.22. The smallest absolute Gasteiger partial charge is 0.310 e. The first-order chi connectivity index (χ1) is 7.20. The fourth-order valence-electron chi connectivity index (χ4n) is 2.01. The molecular formula is C10H15IO4. The molecule has 0 N–H and O–H groups in total. The van der Waals surface area contributed by atoms with Gasteiger partial charge in [0.1, 0.15) is 4.61 Å².